The molecule has 40 heavy (non-hydrogen) atoms. The Morgan fingerprint density at radius 2 is 1.65 bits per heavy atom. The maximum atomic E-state index is 13.5. The van der Waals surface area contributed by atoms with Gasteiger partial charge in [0.15, 0.2) is 0 Å². The van der Waals surface area contributed by atoms with E-state index in [1.807, 2.05) is 26.0 Å². The number of hydrogen-bond donors (Lipinski definition) is 2. The standard InChI is InChI=1S/C26H30N6O6S.Na/c1-14-10-11-15(2)32(14)30-13-12-29(25(30)38)24(37)28-17(16-8-6-5-7-9-16)20(33)27-18-21(34)31-19(23(35)36)26(3,4)39-22(18)31;/h5-11,17-19,22H,12-13H2,1-4H3,(H,27,33)(H,28,37)(H,35,36);/q;+1/p-1/t17?,18-,19+,22-;/m1./s1. The Balaban J connectivity index is 0.00000370. The number of aromatic nitrogens is 1. The van der Waals surface area contributed by atoms with Crippen molar-refractivity contribution < 1.29 is 58.6 Å². The molecule has 1 unspecified atom stereocenters. The summed E-state index contributed by atoms with van der Waals surface area (Å²) in [5.41, 5.74) is 2.15. The number of nitrogens with zero attached hydrogens (tertiary/aromatic N) is 4. The van der Waals surface area contributed by atoms with Gasteiger partial charge >= 0.3 is 41.6 Å². The van der Waals surface area contributed by atoms with Crippen LogP contribution >= 0.6 is 11.8 Å². The molecular formula is C26H29N6NaO6S. The van der Waals surface area contributed by atoms with E-state index in [1.165, 1.54) is 21.7 Å². The summed E-state index contributed by atoms with van der Waals surface area (Å²) in [5.74, 6) is -2.53. The van der Waals surface area contributed by atoms with Gasteiger partial charge in [0.05, 0.1) is 25.1 Å². The fourth-order valence-corrected chi connectivity index (χ4v) is 7.07. The van der Waals surface area contributed by atoms with Gasteiger partial charge in [-0.05, 0) is 45.4 Å². The Morgan fingerprint density at radius 1 is 1.02 bits per heavy atom. The first-order valence-corrected chi connectivity index (χ1v) is 13.4. The zero-order valence-corrected chi connectivity index (χ0v) is 25.7. The number of amides is 6. The molecule has 0 spiro atoms. The van der Waals surface area contributed by atoms with Crippen LogP contribution < -0.4 is 50.3 Å². The number of hydrogen-bond acceptors (Lipinski definition) is 7. The van der Waals surface area contributed by atoms with Crippen molar-refractivity contribution in [1.82, 2.24) is 25.1 Å². The van der Waals surface area contributed by atoms with Crippen LogP contribution in [-0.4, -0.2) is 79.6 Å². The van der Waals surface area contributed by atoms with Crippen LogP contribution in [0, 0.1) is 13.8 Å². The summed E-state index contributed by atoms with van der Waals surface area (Å²) in [6.45, 7) is 7.55. The minimum absolute atomic E-state index is 0. The first-order valence-electron chi connectivity index (χ1n) is 12.5. The molecule has 0 radical (unpaired) electrons. The van der Waals surface area contributed by atoms with Crippen LogP contribution in [0.1, 0.15) is 36.8 Å². The van der Waals surface area contributed by atoms with Crippen LogP contribution in [0.25, 0.3) is 0 Å². The molecule has 6 amide bonds. The van der Waals surface area contributed by atoms with E-state index < -0.39 is 58.1 Å². The number of β-lactam (4-membered cyclic amide) rings is 1. The van der Waals surface area contributed by atoms with E-state index in [0.717, 1.165) is 16.3 Å². The van der Waals surface area contributed by atoms with E-state index in [0.29, 0.717) is 5.56 Å². The summed E-state index contributed by atoms with van der Waals surface area (Å²) in [7, 11) is 0. The minimum Gasteiger partial charge on any atom is -0.548 e. The second kappa shape index (κ2) is 11.1. The molecule has 0 saturated carbocycles. The number of benzene rings is 1. The molecule has 4 atom stereocenters. The van der Waals surface area contributed by atoms with Crippen molar-refractivity contribution in [3.63, 3.8) is 0 Å². The number of nitrogens with one attached hydrogen (secondary N) is 2. The SMILES string of the molecule is Cc1ccc(C)n1N1CCN(C(=O)NC(C(=O)N[C@@H]2C(=O)N3[C@@H]2SC(C)(C)[C@@H]3C(=O)[O-])c2ccccc2)C1=O.[Na+]. The van der Waals surface area contributed by atoms with Crippen LogP contribution in [0.2, 0.25) is 0 Å². The predicted molar refractivity (Wildman–Crippen MR) is 140 cm³/mol. The van der Waals surface area contributed by atoms with E-state index in [1.54, 1.807) is 48.9 Å². The van der Waals surface area contributed by atoms with Crippen LogP contribution in [0.3, 0.4) is 0 Å². The number of urea groups is 2. The molecule has 0 bridgehead atoms. The Labute approximate surface area is 257 Å². The number of carboxylic acid groups (broad SMARTS) is 1. The quantitative estimate of drug-likeness (QED) is 0.280. The van der Waals surface area contributed by atoms with Gasteiger partial charge in [0.2, 0.25) is 11.8 Å². The fourth-order valence-electron chi connectivity index (χ4n) is 5.45. The van der Waals surface area contributed by atoms with Gasteiger partial charge < -0.3 is 25.4 Å². The van der Waals surface area contributed by atoms with Crippen LogP contribution in [0.4, 0.5) is 9.59 Å². The molecule has 0 aliphatic carbocycles. The molecule has 2 N–H and O–H groups in total. The smallest absolute Gasteiger partial charge is 0.548 e. The van der Waals surface area contributed by atoms with Gasteiger partial charge in [-0.3, -0.25) is 14.3 Å². The maximum Gasteiger partial charge on any atom is 1.00 e. The Bertz CT molecular complexity index is 1350. The third kappa shape index (κ3) is 5.00. The number of fused-ring (bicyclic) bond motifs is 1. The molecule has 3 saturated heterocycles. The van der Waals surface area contributed by atoms with Gasteiger partial charge in [0, 0.05) is 16.1 Å². The first-order chi connectivity index (χ1) is 18.4. The molecule has 1 aromatic heterocycles. The average molecular weight is 577 g/mol. The third-order valence-corrected chi connectivity index (χ3v) is 8.90. The first kappa shape index (κ1) is 30.0. The molecule has 12 nitrogen and oxygen atoms in total. The van der Waals surface area contributed by atoms with Crippen molar-refractivity contribution in [3.05, 3.63) is 59.4 Å². The molecule has 2 aromatic rings. The molecule has 4 heterocycles. The minimum atomic E-state index is -1.35. The third-order valence-electron chi connectivity index (χ3n) is 7.33. The van der Waals surface area contributed by atoms with Gasteiger partial charge in [-0.25, -0.2) is 19.5 Å². The van der Waals surface area contributed by atoms with E-state index >= 15 is 0 Å². The van der Waals surface area contributed by atoms with E-state index in [4.69, 9.17) is 0 Å². The van der Waals surface area contributed by atoms with Crippen molar-refractivity contribution >= 4 is 41.6 Å². The predicted octanol–water partition coefficient (Wildman–Crippen LogP) is -2.77. The van der Waals surface area contributed by atoms with Crippen molar-refractivity contribution in [3.8, 4) is 0 Å². The van der Waals surface area contributed by atoms with E-state index in [-0.39, 0.29) is 42.6 Å². The number of carboxylic acids is 1. The Hall–Kier alpha value is -3.00. The topological polar surface area (TPSA) is 147 Å². The summed E-state index contributed by atoms with van der Waals surface area (Å²) in [6.07, 6.45) is 0. The van der Waals surface area contributed by atoms with Crippen molar-refractivity contribution in [2.75, 3.05) is 18.1 Å². The van der Waals surface area contributed by atoms with Gasteiger partial charge in [-0.1, -0.05) is 30.3 Å². The summed E-state index contributed by atoms with van der Waals surface area (Å²) >= 11 is 1.27. The largest absolute Gasteiger partial charge is 1.00 e. The molecule has 206 valence electrons. The molecule has 14 heteroatoms. The van der Waals surface area contributed by atoms with Gasteiger partial charge in [-0.2, -0.15) is 0 Å². The molecule has 5 rings (SSSR count). The van der Waals surface area contributed by atoms with E-state index in [9.17, 15) is 29.1 Å². The number of imide groups is 1. The van der Waals surface area contributed by atoms with E-state index in [2.05, 4.69) is 10.6 Å². The Kier molecular flexibility index (Phi) is 8.32. The normalized spacial score (nSPS) is 23.7. The number of carbonyl (C=O) groups is 5. The second-order valence-electron chi connectivity index (χ2n) is 10.3. The number of carbonyl (C=O) groups excluding carboxylic acids is 5. The summed E-state index contributed by atoms with van der Waals surface area (Å²) < 4.78 is 0.940. The Morgan fingerprint density at radius 3 is 2.25 bits per heavy atom. The molecule has 3 aliphatic rings. The number of aryl methyl sites for hydroxylation is 2. The van der Waals surface area contributed by atoms with Crippen LogP contribution in [0.5, 0.6) is 0 Å². The fraction of sp³-hybridized carbons (Fsp3) is 0.423. The van der Waals surface area contributed by atoms with Gasteiger partial charge in [0.25, 0.3) is 0 Å². The van der Waals surface area contributed by atoms with Crippen LogP contribution in [-0.2, 0) is 14.4 Å². The van der Waals surface area contributed by atoms with Crippen molar-refractivity contribution in [2.45, 2.75) is 55.9 Å². The van der Waals surface area contributed by atoms with Crippen LogP contribution in [0.15, 0.2) is 42.5 Å². The van der Waals surface area contributed by atoms with Gasteiger partial charge in [-0.15, -0.1) is 11.8 Å². The molecule has 3 aliphatic heterocycles. The molecule has 1 aromatic carbocycles. The number of rotatable bonds is 6. The van der Waals surface area contributed by atoms with Crippen molar-refractivity contribution in [1.29, 1.82) is 0 Å². The second-order valence-corrected chi connectivity index (χ2v) is 12.1. The number of aliphatic carboxylic acids is 1. The summed E-state index contributed by atoms with van der Waals surface area (Å²) in [4.78, 5) is 66.7. The summed E-state index contributed by atoms with van der Waals surface area (Å²) in [6, 6.07) is 7.69. The van der Waals surface area contributed by atoms with Crippen molar-refractivity contribution in [2.24, 2.45) is 0 Å². The molecular weight excluding hydrogens is 547 g/mol. The monoisotopic (exact) mass is 576 g/mol. The van der Waals surface area contributed by atoms with Gasteiger partial charge in [0.1, 0.15) is 17.5 Å². The summed E-state index contributed by atoms with van der Waals surface area (Å²) in [5, 5.41) is 17.9. The number of thioether (sulfide) groups is 1. The zero-order chi connectivity index (χ0) is 28.2. The average Bonchev–Trinajstić information content (AvgIpc) is 3.51. The maximum absolute atomic E-state index is 13.5. The molecule has 3 fully saturated rings. The zero-order valence-electron chi connectivity index (χ0n) is 22.9.